The zero-order valence-electron chi connectivity index (χ0n) is 16.4. The lowest BCUT2D eigenvalue weighted by Crippen LogP contribution is -2.40. The first-order valence-electron chi connectivity index (χ1n) is 9.15. The average Bonchev–Trinajstić information content (AvgIpc) is 3.17. The normalized spacial score (nSPS) is 15.9. The van der Waals surface area contributed by atoms with Crippen LogP contribution >= 0.6 is 0 Å². The molecule has 1 N–H and O–H groups in total. The standard InChI is InChI=1S/C13H15NO4.C8H10O2S/c15-12(16)11-7-4-8-14(11)13(17)18-9-10-5-2-1-3-6-10;1-7-3-5-8(6-4-7)11(2,9)10/h1-3,5-6,11H,4,7-9H2,(H,15,16);3-6H,1-2H3/t11-;/m0./s1. The first-order chi connectivity index (χ1) is 13.7. The summed E-state index contributed by atoms with van der Waals surface area (Å²) in [5.74, 6) is -0.968. The summed E-state index contributed by atoms with van der Waals surface area (Å²) in [6.45, 7) is 2.54. The summed E-state index contributed by atoms with van der Waals surface area (Å²) < 4.78 is 27.0. The number of benzene rings is 2. The van der Waals surface area contributed by atoms with Gasteiger partial charge in [-0.25, -0.2) is 18.0 Å². The van der Waals surface area contributed by atoms with Gasteiger partial charge in [0, 0.05) is 12.8 Å². The molecule has 1 heterocycles. The predicted octanol–water partition coefficient (Wildman–Crippen LogP) is 3.27. The van der Waals surface area contributed by atoms with Gasteiger partial charge < -0.3 is 9.84 Å². The Balaban J connectivity index is 0.000000234. The maximum atomic E-state index is 11.8. The largest absolute Gasteiger partial charge is 0.480 e. The number of amides is 1. The fraction of sp³-hybridized carbons (Fsp3) is 0.333. The van der Waals surface area contributed by atoms with E-state index in [1.165, 1.54) is 11.2 Å². The summed E-state index contributed by atoms with van der Waals surface area (Å²) in [5.41, 5.74) is 1.95. The molecule has 0 unspecified atom stereocenters. The molecule has 0 aliphatic carbocycles. The number of likely N-dealkylation sites (tertiary alicyclic amines) is 1. The zero-order chi connectivity index (χ0) is 21.4. The highest BCUT2D eigenvalue weighted by molar-refractivity contribution is 7.90. The van der Waals surface area contributed by atoms with Gasteiger partial charge in [0.2, 0.25) is 0 Å². The first-order valence-corrected chi connectivity index (χ1v) is 11.0. The van der Waals surface area contributed by atoms with Crippen LogP contribution in [0.25, 0.3) is 0 Å². The van der Waals surface area contributed by atoms with Crippen LogP contribution in [0, 0.1) is 6.92 Å². The number of aryl methyl sites for hydroxylation is 1. The van der Waals surface area contributed by atoms with Gasteiger partial charge in [-0.1, -0.05) is 48.0 Å². The highest BCUT2D eigenvalue weighted by Crippen LogP contribution is 2.18. The van der Waals surface area contributed by atoms with Crippen LogP contribution in [0.3, 0.4) is 0 Å². The van der Waals surface area contributed by atoms with Crippen molar-refractivity contribution in [1.29, 1.82) is 0 Å². The Morgan fingerprint density at radius 2 is 1.72 bits per heavy atom. The summed E-state index contributed by atoms with van der Waals surface area (Å²) in [6, 6.07) is 15.4. The maximum absolute atomic E-state index is 11.8. The number of carboxylic acids is 1. The fourth-order valence-electron chi connectivity index (χ4n) is 2.83. The van der Waals surface area contributed by atoms with Gasteiger partial charge in [0.25, 0.3) is 0 Å². The van der Waals surface area contributed by atoms with Crippen molar-refractivity contribution in [1.82, 2.24) is 4.90 Å². The molecule has 0 saturated carbocycles. The van der Waals surface area contributed by atoms with Crippen molar-refractivity contribution in [2.45, 2.75) is 37.3 Å². The molecule has 2 aromatic rings. The quantitative estimate of drug-likeness (QED) is 0.816. The molecule has 0 bridgehead atoms. The molecule has 0 aromatic heterocycles. The topological polar surface area (TPSA) is 101 Å². The van der Waals surface area contributed by atoms with Gasteiger partial charge in [-0.2, -0.15) is 0 Å². The highest BCUT2D eigenvalue weighted by Gasteiger charge is 2.34. The van der Waals surface area contributed by atoms with Gasteiger partial charge in [-0.3, -0.25) is 4.90 Å². The monoisotopic (exact) mass is 419 g/mol. The van der Waals surface area contributed by atoms with Crippen molar-refractivity contribution in [3.63, 3.8) is 0 Å². The molecule has 7 nitrogen and oxygen atoms in total. The summed E-state index contributed by atoms with van der Waals surface area (Å²) in [6.07, 6.45) is 1.86. The average molecular weight is 419 g/mol. The molecule has 1 aliphatic heterocycles. The summed E-state index contributed by atoms with van der Waals surface area (Å²) in [7, 11) is -3.02. The van der Waals surface area contributed by atoms with Gasteiger partial charge in [0.15, 0.2) is 9.84 Å². The van der Waals surface area contributed by atoms with Crippen LogP contribution in [0.5, 0.6) is 0 Å². The van der Waals surface area contributed by atoms with E-state index >= 15 is 0 Å². The van der Waals surface area contributed by atoms with E-state index < -0.39 is 27.9 Å². The van der Waals surface area contributed by atoms with Gasteiger partial charge >= 0.3 is 12.1 Å². The third-order valence-electron chi connectivity index (χ3n) is 4.43. The van der Waals surface area contributed by atoms with Crippen LogP contribution in [0.2, 0.25) is 0 Å². The minimum atomic E-state index is -3.02. The SMILES string of the molecule is Cc1ccc(S(C)(=O)=O)cc1.O=C(O)[C@@H]1CCCN1C(=O)OCc1ccccc1. The third kappa shape index (κ3) is 6.90. The second kappa shape index (κ2) is 10.1. The van der Waals surface area contributed by atoms with E-state index in [4.69, 9.17) is 9.84 Å². The second-order valence-corrected chi connectivity index (χ2v) is 8.83. The predicted molar refractivity (Wildman–Crippen MR) is 108 cm³/mol. The Morgan fingerprint density at radius 1 is 1.10 bits per heavy atom. The van der Waals surface area contributed by atoms with Crippen molar-refractivity contribution in [2.24, 2.45) is 0 Å². The lowest BCUT2D eigenvalue weighted by atomic mass is 10.2. The maximum Gasteiger partial charge on any atom is 0.410 e. The van der Waals surface area contributed by atoms with Crippen molar-refractivity contribution in [2.75, 3.05) is 12.8 Å². The van der Waals surface area contributed by atoms with Crippen LogP contribution in [-0.2, 0) is 26.0 Å². The molecule has 1 atom stereocenters. The van der Waals surface area contributed by atoms with Crippen LogP contribution < -0.4 is 0 Å². The Labute approximate surface area is 170 Å². The highest BCUT2D eigenvalue weighted by atomic mass is 32.2. The van der Waals surface area contributed by atoms with E-state index in [9.17, 15) is 18.0 Å². The summed E-state index contributed by atoms with van der Waals surface area (Å²) in [5, 5.41) is 8.97. The number of aliphatic carboxylic acids is 1. The molecule has 1 aliphatic rings. The third-order valence-corrected chi connectivity index (χ3v) is 5.56. The van der Waals surface area contributed by atoms with Crippen LogP contribution in [-0.4, -0.2) is 49.3 Å². The van der Waals surface area contributed by atoms with Crippen molar-refractivity contribution in [3.8, 4) is 0 Å². The molecule has 0 spiro atoms. The Bertz CT molecular complexity index is 925. The number of rotatable bonds is 4. The Hall–Kier alpha value is -2.87. The molecule has 29 heavy (non-hydrogen) atoms. The number of carbonyl (C=O) groups excluding carboxylic acids is 1. The van der Waals surface area contributed by atoms with E-state index in [-0.39, 0.29) is 6.61 Å². The van der Waals surface area contributed by atoms with Crippen molar-refractivity contribution < 1.29 is 27.9 Å². The number of ether oxygens (including phenoxy) is 1. The molecule has 156 valence electrons. The number of nitrogens with zero attached hydrogens (tertiary/aromatic N) is 1. The lowest BCUT2D eigenvalue weighted by molar-refractivity contribution is -0.141. The van der Waals surface area contributed by atoms with Crippen LogP contribution in [0.4, 0.5) is 4.79 Å². The molecule has 0 radical (unpaired) electrons. The van der Waals surface area contributed by atoms with Crippen LogP contribution in [0.1, 0.15) is 24.0 Å². The number of hydrogen-bond donors (Lipinski definition) is 1. The molecule has 2 aromatic carbocycles. The number of carbonyl (C=O) groups is 2. The van der Waals surface area contributed by atoms with E-state index in [0.717, 1.165) is 11.1 Å². The van der Waals surface area contributed by atoms with Gasteiger partial charge in [-0.15, -0.1) is 0 Å². The molecule has 1 fully saturated rings. The molecule has 3 rings (SSSR count). The molecule has 1 saturated heterocycles. The Morgan fingerprint density at radius 3 is 2.28 bits per heavy atom. The molecule has 8 heteroatoms. The van der Waals surface area contributed by atoms with Gasteiger partial charge in [-0.05, 0) is 37.5 Å². The van der Waals surface area contributed by atoms with E-state index in [1.807, 2.05) is 37.3 Å². The zero-order valence-corrected chi connectivity index (χ0v) is 17.3. The minimum absolute atomic E-state index is 0.169. The lowest BCUT2D eigenvalue weighted by Gasteiger charge is -2.20. The molecular weight excluding hydrogens is 394 g/mol. The van der Waals surface area contributed by atoms with Crippen molar-refractivity contribution in [3.05, 3.63) is 65.7 Å². The van der Waals surface area contributed by atoms with Gasteiger partial charge in [0.05, 0.1) is 4.90 Å². The number of sulfone groups is 1. The van der Waals surface area contributed by atoms with Gasteiger partial charge in [0.1, 0.15) is 12.6 Å². The fourth-order valence-corrected chi connectivity index (χ4v) is 3.46. The number of carboxylic acid groups (broad SMARTS) is 1. The first kappa shape index (κ1) is 22.4. The number of hydrogen-bond acceptors (Lipinski definition) is 5. The Kier molecular flexibility index (Phi) is 7.78. The molecule has 1 amide bonds. The second-order valence-electron chi connectivity index (χ2n) is 6.82. The van der Waals surface area contributed by atoms with Crippen LogP contribution in [0.15, 0.2) is 59.5 Å². The molecular formula is C21H25NO6S. The van der Waals surface area contributed by atoms with Crippen molar-refractivity contribution >= 4 is 21.9 Å². The summed E-state index contributed by atoms with van der Waals surface area (Å²) >= 11 is 0. The van der Waals surface area contributed by atoms with E-state index in [2.05, 4.69) is 0 Å². The van der Waals surface area contributed by atoms with E-state index in [0.29, 0.717) is 24.3 Å². The minimum Gasteiger partial charge on any atom is -0.480 e. The smallest absolute Gasteiger partial charge is 0.410 e. The van der Waals surface area contributed by atoms with E-state index in [1.54, 1.807) is 24.3 Å². The summed E-state index contributed by atoms with van der Waals surface area (Å²) in [4.78, 5) is 24.4.